The van der Waals surface area contributed by atoms with E-state index in [1.165, 1.54) is 14.2 Å². The zero-order valence-corrected chi connectivity index (χ0v) is 15.0. The Bertz CT molecular complexity index is 934. The molecule has 2 aromatic carbocycles. The van der Waals surface area contributed by atoms with Gasteiger partial charge in [0.2, 0.25) is 0 Å². The summed E-state index contributed by atoms with van der Waals surface area (Å²) < 4.78 is 44.1. The molecule has 132 valence electrons. The SMILES string of the molecule is COc1cc2c(cc1OC)OCC(S(=O)(=O)Nc1ccccc1C)=C2. The number of ether oxygens (including phenoxy) is 3. The third-order valence-electron chi connectivity index (χ3n) is 3.94. The van der Waals surface area contributed by atoms with Gasteiger partial charge < -0.3 is 14.2 Å². The smallest absolute Gasteiger partial charge is 0.261 e. The summed E-state index contributed by atoms with van der Waals surface area (Å²) in [6.45, 7) is 1.79. The molecule has 0 spiro atoms. The summed E-state index contributed by atoms with van der Waals surface area (Å²) in [5.41, 5.74) is 2.01. The minimum absolute atomic E-state index is 0.0519. The van der Waals surface area contributed by atoms with Crippen LogP contribution in [0.5, 0.6) is 17.2 Å². The highest BCUT2D eigenvalue weighted by atomic mass is 32.2. The standard InChI is InChI=1S/C18H19NO5S/c1-12-6-4-5-7-15(12)19-25(20,21)14-8-13-9-17(22-2)18(23-3)10-16(13)24-11-14/h4-10,19H,11H2,1-3H3. The Morgan fingerprint density at radius 1 is 1.08 bits per heavy atom. The summed E-state index contributed by atoms with van der Waals surface area (Å²) in [5.74, 6) is 1.58. The lowest BCUT2D eigenvalue weighted by molar-refractivity contribution is 0.334. The molecular weight excluding hydrogens is 342 g/mol. The predicted octanol–water partition coefficient (Wildman–Crippen LogP) is 3.19. The van der Waals surface area contributed by atoms with E-state index < -0.39 is 10.0 Å². The highest BCUT2D eigenvalue weighted by Crippen LogP contribution is 2.38. The third-order valence-corrected chi connectivity index (χ3v) is 5.35. The van der Waals surface area contributed by atoms with Crippen LogP contribution in [-0.2, 0) is 10.0 Å². The first-order chi connectivity index (χ1) is 11.9. The van der Waals surface area contributed by atoms with E-state index in [0.29, 0.717) is 28.5 Å². The lowest BCUT2D eigenvalue weighted by Crippen LogP contribution is -2.22. The molecule has 3 rings (SSSR count). The van der Waals surface area contributed by atoms with Gasteiger partial charge in [-0.1, -0.05) is 18.2 Å². The maximum absolute atomic E-state index is 12.7. The minimum Gasteiger partial charge on any atom is -0.493 e. The number of fused-ring (bicyclic) bond motifs is 1. The molecule has 0 amide bonds. The van der Waals surface area contributed by atoms with Gasteiger partial charge in [0.25, 0.3) is 10.0 Å². The average Bonchev–Trinajstić information content (AvgIpc) is 2.61. The van der Waals surface area contributed by atoms with Gasteiger partial charge in [-0.25, -0.2) is 8.42 Å². The fourth-order valence-electron chi connectivity index (χ4n) is 2.53. The molecule has 0 atom stereocenters. The van der Waals surface area contributed by atoms with E-state index in [4.69, 9.17) is 14.2 Å². The van der Waals surface area contributed by atoms with Gasteiger partial charge in [-0.2, -0.15) is 0 Å². The molecule has 0 saturated heterocycles. The Hall–Kier alpha value is -2.67. The third kappa shape index (κ3) is 3.41. The first-order valence-corrected chi connectivity index (χ1v) is 9.11. The highest BCUT2D eigenvalue weighted by molar-refractivity contribution is 7.96. The van der Waals surface area contributed by atoms with Crippen molar-refractivity contribution in [2.45, 2.75) is 6.92 Å². The molecular formula is C18H19NO5S. The summed E-state index contributed by atoms with van der Waals surface area (Å²) in [6.07, 6.45) is 1.58. The number of methoxy groups -OCH3 is 2. The Labute approximate surface area is 147 Å². The Balaban J connectivity index is 1.96. The maximum atomic E-state index is 12.7. The largest absolute Gasteiger partial charge is 0.493 e. The predicted molar refractivity (Wildman–Crippen MR) is 96.7 cm³/mol. The lowest BCUT2D eigenvalue weighted by Gasteiger charge is -2.20. The van der Waals surface area contributed by atoms with Gasteiger partial charge in [0.05, 0.1) is 19.9 Å². The Kier molecular flexibility index (Phi) is 4.59. The van der Waals surface area contributed by atoms with E-state index in [2.05, 4.69) is 4.72 Å². The monoisotopic (exact) mass is 361 g/mol. The molecule has 0 aliphatic carbocycles. The molecule has 0 unspecified atom stereocenters. The number of benzene rings is 2. The zero-order chi connectivity index (χ0) is 18.0. The molecule has 1 aliphatic rings. The van der Waals surface area contributed by atoms with Gasteiger partial charge in [0.1, 0.15) is 17.3 Å². The summed E-state index contributed by atoms with van der Waals surface area (Å²) >= 11 is 0. The zero-order valence-electron chi connectivity index (χ0n) is 14.2. The molecule has 25 heavy (non-hydrogen) atoms. The van der Waals surface area contributed by atoms with Crippen LogP contribution in [0.15, 0.2) is 41.3 Å². The van der Waals surface area contributed by atoms with E-state index >= 15 is 0 Å². The number of hydrogen-bond acceptors (Lipinski definition) is 5. The molecule has 6 nitrogen and oxygen atoms in total. The van der Waals surface area contributed by atoms with Crippen molar-refractivity contribution in [3.63, 3.8) is 0 Å². The second-order valence-corrected chi connectivity index (χ2v) is 7.30. The van der Waals surface area contributed by atoms with Crippen molar-refractivity contribution < 1.29 is 22.6 Å². The number of para-hydroxylation sites is 1. The maximum Gasteiger partial charge on any atom is 0.261 e. The van der Waals surface area contributed by atoms with E-state index in [1.807, 2.05) is 19.1 Å². The average molecular weight is 361 g/mol. The molecule has 1 aliphatic heterocycles. The first-order valence-electron chi connectivity index (χ1n) is 7.62. The normalized spacial score (nSPS) is 13.3. The van der Waals surface area contributed by atoms with Gasteiger partial charge in [-0.15, -0.1) is 0 Å². The summed E-state index contributed by atoms with van der Waals surface area (Å²) in [6, 6.07) is 10.6. The van der Waals surface area contributed by atoms with Crippen molar-refractivity contribution in [3.8, 4) is 17.2 Å². The van der Waals surface area contributed by atoms with E-state index in [0.717, 1.165) is 5.56 Å². The van der Waals surface area contributed by atoms with Crippen LogP contribution in [-0.4, -0.2) is 29.2 Å². The summed E-state index contributed by atoms with van der Waals surface area (Å²) in [5, 5.41) is 0. The summed E-state index contributed by atoms with van der Waals surface area (Å²) in [7, 11) is -0.667. The number of aryl methyl sites for hydroxylation is 1. The van der Waals surface area contributed by atoms with Crippen molar-refractivity contribution in [3.05, 3.63) is 52.4 Å². The van der Waals surface area contributed by atoms with Crippen LogP contribution in [0.1, 0.15) is 11.1 Å². The van der Waals surface area contributed by atoms with Gasteiger partial charge in [-0.3, -0.25) is 4.72 Å². The Morgan fingerprint density at radius 2 is 1.76 bits per heavy atom. The molecule has 0 bridgehead atoms. The van der Waals surface area contributed by atoms with Crippen LogP contribution in [0.2, 0.25) is 0 Å². The van der Waals surface area contributed by atoms with Crippen molar-refractivity contribution in [2.24, 2.45) is 0 Å². The second kappa shape index (κ2) is 6.68. The van der Waals surface area contributed by atoms with Crippen LogP contribution in [0, 0.1) is 6.92 Å². The van der Waals surface area contributed by atoms with E-state index in [1.54, 1.807) is 30.3 Å². The quantitative estimate of drug-likeness (QED) is 0.885. The van der Waals surface area contributed by atoms with E-state index in [-0.39, 0.29) is 11.5 Å². The molecule has 0 saturated carbocycles. The van der Waals surface area contributed by atoms with Crippen LogP contribution in [0.4, 0.5) is 5.69 Å². The molecule has 7 heteroatoms. The molecule has 0 radical (unpaired) electrons. The number of nitrogens with one attached hydrogen (secondary N) is 1. The van der Waals surface area contributed by atoms with Gasteiger partial charge in [0.15, 0.2) is 11.5 Å². The Morgan fingerprint density at radius 3 is 2.44 bits per heavy atom. The lowest BCUT2D eigenvalue weighted by atomic mass is 10.1. The molecule has 1 heterocycles. The fourth-order valence-corrected chi connectivity index (χ4v) is 3.68. The number of sulfonamides is 1. The minimum atomic E-state index is -3.72. The van der Waals surface area contributed by atoms with Crippen LogP contribution in [0.3, 0.4) is 0 Å². The van der Waals surface area contributed by atoms with Crippen molar-refractivity contribution >= 4 is 21.8 Å². The molecule has 1 N–H and O–H groups in total. The van der Waals surface area contributed by atoms with Crippen molar-refractivity contribution in [1.29, 1.82) is 0 Å². The molecule has 0 fully saturated rings. The van der Waals surface area contributed by atoms with Gasteiger partial charge in [0, 0.05) is 11.6 Å². The highest BCUT2D eigenvalue weighted by Gasteiger charge is 2.24. The van der Waals surface area contributed by atoms with Gasteiger partial charge in [-0.05, 0) is 30.7 Å². The van der Waals surface area contributed by atoms with Crippen molar-refractivity contribution in [2.75, 3.05) is 25.5 Å². The first kappa shape index (κ1) is 17.2. The number of hydrogen-bond donors (Lipinski definition) is 1. The van der Waals surface area contributed by atoms with E-state index in [9.17, 15) is 8.42 Å². The molecule has 2 aromatic rings. The van der Waals surface area contributed by atoms with Crippen LogP contribution in [0.25, 0.3) is 6.08 Å². The van der Waals surface area contributed by atoms with Gasteiger partial charge >= 0.3 is 0 Å². The van der Waals surface area contributed by atoms with Crippen LogP contribution >= 0.6 is 0 Å². The fraction of sp³-hybridized carbons (Fsp3) is 0.222. The topological polar surface area (TPSA) is 73.9 Å². The number of anilines is 1. The summed E-state index contributed by atoms with van der Waals surface area (Å²) in [4.78, 5) is 0.149. The number of rotatable bonds is 5. The molecule has 0 aromatic heterocycles. The van der Waals surface area contributed by atoms with Crippen LogP contribution < -0.4 is 18.9 Å². The van der Waals surface area contributed by atoms with Crippen molar-refractivity contribution in [1.82, 2.24) is 0 Å². The second-order valence-electron chi connectivity index (χ2n) is 5.56.